The zero-order valence-electron chi connectivity index (χ0n) is 11.4. The van der Waals surface area contributed by atoms with Crippen LogP contribution in [0, 0.1) is 0 Å². The average Bonchev–Trinajstić information content (AvgIpc) is 2.63. The fourth-order valence-corrected chi connectivity index (χ4v) is 4.10. The molecule has 1 amide bonds. The molecule has 0 aromatic heterocycles. The minimum Gasteiger partial charge on any atom is -0.369 e. The van der Waals surface area contributed by atoms with Gasteiger partial charge in [-0.1, -0.05) is 60.7 Å². The highest BCUT2D eigenvalue weighted by molar-refractivity contribution is 7.86. The highest BCUT2D eigenvalue weighted by Crippen LogP contribution is 2.36. The van der Waals surface area contributed by atoms with Crippen LogP contribution in [0.5, 0.6) is 0 Å². The molecule has 1 aliphatic carbocycles. The SMILES string of the molecule is NC(=O)CS(=O)C1c2ccccc2C=Cc2ccccc21. The van der Waals surface area contributed by atoms with Gasteiger partial charge in [-0.25, -0.2) is 0 Å². The Balaban J connectivity index is 2.19. The summed E-state index contributed by atoms with van der Waals surface area (Å²) in [4.78, 5) is 11.2. The van der Waals surface area contributed by atoms with Crippen LogP contribution >= 0.6 is 0 Å². The smallest absolute Gasteiger partial charge is 0.230 e. The standard InChI is InChI=1S/C17H15NO2S/c18-16(19)11-21(20)17-14-7-3-1-5-12(14)9-10-13-6-2-4-8-15(13)17/h1-10,17H,11H2,(H2,18,19). The summed E-state index contributed by atoms with van der Waals surface area (Å²) in [7, 11) is -1.38. The first-order valence-electron chi connectivity index (χ1n) is 6.68. The van der Waals surface area contributed by atoms with Gasteiger partial charge in [-0.05, 0) is 22.3 Å². The Morgan fingerprint density at radius 2 is 1.43 bits per heavy atom. The van der Waals surface area contributed by atoms with E-state index < -0.39 is 16.7 Å². The molecule has 0 saturated heterocycles. The summed E-state index contributed by atoms with van der Waals surface area (Å²) in [6.07, 6.45) is 4.05. The topological polar surface area (TPSA) is 60.2 Å². The van der Waals surface area contributed by atoms with Crippen molar-refractivity contribution in [2.24, 2.45) is 5.73 Å². The van der Waals surface area contributed by atoms with Crippen LogP contribution in [0.25, 0.3) is 12.2 Å². The summed E-state index contributed by atoms with van der Waals surface area (Å²) < 4.78 is 12.7. The molecule has 3 rings (SSSR count). The number of fused-ring (bicyclic) bond motifs is 2. The fraction of sp³-hybridized carbons (Fsp3) is 0.118. The van der Waals surface area contributed by atoms with Gasteiger partial charge < -0.3 is 5.73 Å². The van der Waals surface area contributed by atoms with Gasteiger partial charge in [0, 0.05) is 10.8 Å². The molecule has 21 heavy (non-hydrogen) atoms. The van der Waals surface area contributed by atoms with Crippen molar-refractivity contribution in [2.45, 2.75) is 5.25 Å². The van der Waals surface area contributed by atoms with Gasteiger partial charge in [0.2, 0.25) is 5.91 Å². The summed E-state index contributed by atoms with van der Waals surface area (Å²) in [5, 5.41) is -0.333. The van der Waals surface area contributed by atoms with Crippen molar-refractivity contribution in [3.63, 3.8) is 0 Å². The number of benzene rings is 2. The van der Waals surface area contributed by atoms with Gasteiger partial charge >= 0.3 is 0 Å². The van der Waals surface area contributed by atoms with E-state index in [1.54, 1.807) is 0 Å². The van der Waals surface area contributed by atoms with E-state index in [9.17, 15) is 9.00 Å². The molecule has 3 nitrogen and oxygen atoms in total. The number of hydrogen-bond acceptors (Lipinski definition) is 2. The molecule has 106 valence electrons. The van der Waals surface area contributed by atoms with E-state index in [0.29, 0.717) is 0 Å². The van der Waals surface area contributed by atoms with Crippen LogP contribution in [0.15, 0.2) is 48.5 Å². The Labute approximate surface area is 125 Å². The van der Waals surface area contributed by atoms with Gasteiger partial charge in [0.15, 0.2) is 0 Å². The Bertz CT molecular complexity index is 702. The third kappa shape index (κ3) is 2.67. The van der Waals surface area contributed by atoms with E-state index in [-0.39, 0.29) is 11.0 Å². The third-order valence-corrected chi connectivity index (χ3v) is 5.15. The second kappa shape index (κ2) is 5.66. The van der Waals surface area contributed by atoms with E-state index in [1.165, 1.54) is 0 Å². The number of nitrogens with two attached hydrogens (primary N) is 1. The molecular formula is C17H15NO2S. The molecule has 0 heterocycles. The van der Waals surface area contributed by atoms with Crippen LogP contribution in [0.3, 0.4) is 0 Å². The van der Waals surface area contributed by atoms with Crippen molar-refractivity contribution >= 4 is 28.9 Å². The maximum absolute atomic E-state index is 12.7. The molecule has 0 bridgehead atoms. The Morgan fingerprint density at radius 1 is 0.952 bits per heavy atom. The third-order valence-electron chi connectivity index (χ3n) is 3.55. The molecule has 4 heteroatoms. The zero-order valence-corrected chi connectivity index (χ0v) is 12.2. The summed E-state index contributed by atoms with van der Waals surface area (Å²) >= 11 is 0. The summed E-state index contributed by atoms with van der Waals surface area (Å²) in [5.74, 6) is -0.673. The molecule has 1 aliphatic rings. The number of primary amides is 1. The van der Waals surface area contributed by atoms with E-state index in [2.05, 4.69) is 0 Å². The first-order valence-corrected chi connectivity index (χ1v) is 8.06. The number of rotatable bonds is 3. The van der Waals surface area contributed by atoms with Gasteiger partial charge in [0.1, 0.15) is 5.75 Å². The fourth-order valence-electron chi connectivity index (χ4n) is 2.66. The number of carbonyl (C=O) groups excluding carboxylic acids is 1. The van der Waals surface area contributed by atoms with E-state index >= 15 is 0 Å². The van der Waals surface area contributed by atoms with Gasteiger partial charge in [0.05, 0.1) is 5.25 Å². The van der Waals surface area contributed by atoms with Crippen LogP contribution in [0.4, 0.5) is 0 Å². The lowest BCUT2D eigenvalue weighted by Gasteiger charge is -2.19. The van der Waals surface area contributed by atoms with Crippen LogP contribution in [0.2, 0.25) is 0 Å². The summed E-state index contributed by atoms with van der Waals surface area (Å²) in [6, 6.07) is 15.7. The normalized spacial score (nSPS) is 14.9. The predicted octanol–water partition coefficient (Wildman–Crippen LogP) is 2.49. The van der Waals surface area contributed by atoms with Crippen LogP contribution in [-0.4, -0.2) is 15.9 Å². The monoisotopic (exact) mass is 297 g/mol. The van der Waals surface area contributed by atoms with Crippen LogP contribution < -0.4 is 5.73 Å². The largest absolute Gasteiger partial charge is 0.369 e. The molecule has 0 saturated carbocycles. The number of carbonyl (C=O) groups is 1. The molecule has 2 aromatic carbocycles. The maximum Gasteiger partial charge on any atom is 0.230 e. The molecule has 0 spiro atoms. The molecule has 0 aliphatic heterocycles. The number of amides is 1. The lowest BCUT2D eigenvalue weighted by Crippen LogP contribution is -2.23. The van der Waals surface area contributed by atoms with Crippen LogP contribution in [0.1, 0.15) is 27.5 Å². The average molecular weight is 297 g/mol. The molecule has 2 N–H and O–H groups in total. The van der Waals surface area contributed by atoms with Crippen molar-refractivity contribution in [2.75, 3.05) is 5.75 Å². The quantitative estimate of drug-likeness (QED) is 0.946. The van der Waals surface area contributed by atoms with Crippen molar-refractivity contribution in [1.82, 2.24) is 0 Å². The van der Waals surface area contributed by atoms with E-state index in [1.807, 2.05) is 60.7 Å². The highest BCUT2D eigenvalue weighted by Gasteiger charge is 2.27. The van der Waals surface area contributed by atoms with E-state index in [0.717, 1.165) is 22.3 Å². The lowest BCUT2D eigenvalue weighted by molar-refractivity contribution is -0.115. The molecule has 1 unspecified atom stereocenters. The van der Waals surface area contributed by atoms with Crippen molar-refractivity contribution in [1.29, 1.82) is 0 Å². The molecular weight excluding hydrogens is 282 g/mol. The minimum absolute atomic E-state index is 0.132. The van der Waals surface area contributed by atoms with Crippen molar-refractivity contribution in [3.05, 3.63) is 70.8 Å². The first-order chi connectivity index (χ1) is 10.2. The molecule has 0 fully saturated rings. The molecule has 2 aromatic rings. The van der Waals surface area contributed by atoms with Gasteiger partial charge in [-0.3, -0.25) is 9.00 Å². The van der Waals surface area contributed by atoms with E-state index in [4.69, 9.17) is 5.73 Å². The molecule has 0 radical (unpaired) electrons. The van der Waals surface area contributed by atoms with Gasteiger partial charge in [0.25, 0.3) is 0 Å². The van der Waals surface area contributed by atoms with Crippen molar-refractivity contribution in [3.8, 4) is 0 Å². The van der Waals surface area contributed by atoms with Crippen molar-refractivity contribution < 1.29 is 9.00 Å². The Hall–Kier alpha value is -2.20. The maximum atomic E-state index is 12.7. The molecule has 1 atom stereocenters. The lowest BCUT2D eigenvalue weighted by atomic mass is 9.99. The van der Waals surface area contributed by atoms with Gasteiger partial charge in [-0.15, -0.1) is 0 Å². The summed E-state index contributed by atoms with van der Waals surface area (Å²) in [6.45, 7) is 0. The summed E-state index contributed by atoms with van der Waals surface area (Å²) in [5.41, 5.74) is 9.22. The Morgan fingerprint density at radius 3 is 1.90 bits per heavy atom. The van der Waals surface area contributed by atoms with Crippen LogP contribution in [-0.2, 0) is 15.6 Å². The second-order valence-corrected chi connectivity index (χ2v) is 6.48. The predicted molar refractivity (Wildman–Crippen MR) is 85.9 cm³/mol. The van der Waals surface area contributed by atoms with Gasteiger partial charge in [-0.2, -0.15) is 0 Å². The first kappa shape index (κ1) is 13.8. The Kier molecular flexibility index (Phi) is 3.71. The zero-order chi connectivity index (χ0) is 14.8. The second-order valence-electron chi connectivity index (χ2n) is 4.96. The highest BCUT2D eigenvalue weighted by atomic mass is 32.2. The minimum atomic E-state index is -1.38. The number of hydrogen-bond donors (Lipinski definition) is 1.